The predicted molar refractivity (Wildman–Crippen MR) is 89.6 cm³/mol. The summed E-state index contributed by atoms with van der Waals surface area (Å²) in [5.74, 6) is 0. The van der Waals surface area contributed by atoms with E-state index in [1.165, 1.54) is 16.7 Å². The number of hydrogen-bond acceptors (Lipinski definition) is 2. The summed E-state index contributed by atoms with van der Waals surface area (Å²) in [6.45, 7) is 9.60. The van der Waals surface area contributed by atoms with Gasteiger partial charge in [-0.2, -0.15) is 0 Å². The Morgan fingerprint density at radius 2 is 1.76 bits per heavy atom. The fourth-order valence-corrected chi connectivity index (χ4v) is 2.78. The summed E-state index contributed by atoms with van der Waals surface area (Å²) in [5.41, 5.74) is 6.26. The molecule has 0 radical (unpaired) electrons. The van der Waals surface area contributed by atoms with Crippen LogP contribution in [0.5, 0.6) is 0 Å². The van der Waals surface area contributed by atoms with Gasteiger partial charge in [0, 0.05) is 5.69 Å². The Morgan fingerprint density at radius 1 is 1.05 bits per heavy atom. The summed E-state index contributed by atoms with van der Waals surface area (Å²) in [6.07, 6.45) is 2.12. The van der Waals surface area contributed by atoms with E-state index in [0.717, 1.165) is 30.8 Å². The fraction of sp³-hybridized carbons (Fsp3) is 0.421. The molecule has 0 aliphatic heterocycles. The van der Waals surface area contributed by atoms with Crippen LogP contribution in [0.15, 0.2) is 36.4 Å². The van der Waals surface area contributed by atoms with E-state index in [1.54, 1.807) is 0 Å². The van der Waals surface area contributed by atoms with Crippen LogP contribution in [0.4, 0.5) is 0 Å². The zero-order chi connectivity index (χ0) is 15.2. The highest BCUT2D eigenvalue weighted by molar-refractivity contribution is 5.30. The van der Waals surface area contributed by atoms with Gasteiger partial charge in [0.05, 0.1) is 11.7 Å². The first-order chi connectivity index (χ1) is 10.1. The smallest absolute Gasteiger partial charge is 0.0579 e. The molecule has 1 aromatic carbocycles. The van der Waals surface area contributed by atoms with Gasteiger partial charge in [-0.05, 0) is 57.9 Å². The Hall–Kier alpha value is -1.67. The highest BCUT2D eigenvalue weighted by Crippen LogP contribution is 2.19. The van der Waals surface area contributed by atoms with E-state index in [1.807, 2.05) is 0 Å². The molecular formula is C19H26N2. The van der Waals surface area contributed by atoms with Gasteiger partial charge in [-0.25, -0.2) is 0 Å². The molecule has 0 aliphatic rings. The molecule has 0 aliphatic carbocycles. The van der Waals surface area contributed by atoms with Gasteiger partial charge in [0.25, 0.3) is 0 Å². The number of nitrogens with one attached hydrogen (secondary N) is 1. The quantitative estimate of drug-likeness (QED) is 0.855. The number of aryl methyl sites for hydroxylation is 3. The molecule has 1 heterocycles. The lowest BCUT2D eigenvalue weighted by atomic mass is 9.99. The molecule has 2 rings (SSSR count). The van der Waals surface area contributed by atoms with E-state index in [2.05, 4.69) is 69.4 Å². The molecular weight excluding hydrogens is 256 g/mol. The molecule has 0 fully saturated rings. The predicted octanol–water partition coefficient (Wildman–Crippen LogP) is 4.29. The van der Waals surface area contributed by atoms with Crippen molar-refractivity contribution in [2.45, 2.75) is 46.6 Å². The van der Waals surface area contributed by atoms with Crippen LogP contribution in [0.25, 0.3) is 0 Å². The van der Waals surface area contributed by atoms with Crippen LogP contribution in [0.2, 0.25) is 0 Å². The second kappa shape index (κ2) is 7.37. The van der Waals surface area contributed by atoms with E-state index >= 15 is 0 Å². The molecule has 0 spiro atoms. The third kappa shape index (κ3) is 4.68. The maximum Gasteiger partial charge on any atom is 0.0579 e. The summed E-state index contributed by atoms with van der Waals surface area (Å²) in [5, 5.41) is 3.64. The molecule has 21 heavy (non-hydrogen) atoms. The maximum atomic E-state index is 4.70. The van der Waals surface area contributed by atoms with Gasteiger partial charge in [0.1, 0.15) is 0 Å². The lowest BCUT2D eigenvalue weighted by molar-refractivity contribution is 0.517. The summed E-state index contributed by atoms with van der Waals surface area (Å²) in [4.78, 5) is 4.70. The van der Waals surface area contributed by atoms with Crippen molar-refractivity contribution in [1.82, 2.24) is 10.3 Å². The molecule has 1 atom stereocenters. The number of hydrogen-bond donors (Lipinski definition) is 1. The minimum atomic E-state index is 0.283. The molecule has 112 valence electrons. The topological polar surface area (TPSA) is 24.9 Å². The normalized spacial score (nSPS) is 12.4. The van der Waals surface area contributed by atoms with Crippen LogP contribution in [0.3, 0.4) is 0 Å². The molecule has 0 saturated heterocycles. The number of benzene rings is 1. The van der Waals surface area contributed by atoms with Gasteiger partial charge < -0.3 is 5.32 Å². The summed E-state index contributed by atoms with van der Waals surface area (Å²) >= 11 is 0. The van der Waals surface area contributed by atoms with E-state index < -0.39 is 0 Å². The van der Waals surface area contributed by atoms with Gasteiger partial charge in [-0.3, -0.25) is 4.98 Å². The van der Waals surface area contributed by atoms with Crippen molar-refractivity contribution in [3.05, 3.63) is 64.5 Å². The van der Waals surface area contributed by atoms with E-state index in [4.69, 9.17) is 4.98 Å². The first kappa shape index (κ1) is 15.7. The van der Waals surface area contributed by atoms with Gasteiger partial charge in [-0.1, -0.05) is 42.3 Å². The summed E-state index contributed by atoms with van der Waals surface area (Å²) in [6, 6.07) is 13.3. The van der Waals surface area contributed by atoms with Crippen molar-refractivity contribution in [1.29, 1.82) is 0 Å². The zero-order valence-electron chi connectivity index (χ0n) is 13.6. The highest BCUT2D eigenvalue weighted by Gasteiger charge is 2.13. The van der Waals surface area contributed by atoms with Crippen LogP contribution in [0.1, 0.15) is 47.5 Å². The Balaban J connectivity index is 2.23. The van der Waals surface area contributed by atoms with Gasteiger partial charge >= 0.3 is 0 Å². The van der Waals surface area contributed by atoms with Crippen molar-refractivity contribution in [2.24, 2.45) is 0 Å². The molecule has 2 aromatic rings. The summed E-state index contributed by atoms with van der Waals surface area (Å²) in [7, 11) is 0. The third-order valence-electron chi connectivity index (χ3n) is 3.63. The zero-order valence-corrected chi connectivity index (χ0v) is 13.6. The standard InChI is InChI=1S/C19H26N2/c1-5-9-20-19(18-8-6-7-16(4)21-18)13-17-11-14(2)10-15(3)12-17/h6-8,10-12,19-20H,5,9,13H2,1-4H3. The molecule has 2 nitrogen and oxygen atoms in total. The number of nitrogens with zero attached hydrogens (tertiary/aromatic N) is 1. The van der Waals surface area contributed by atoms with Gasteiger partial charge in [0.15, 0.2) is 0 Å². The monoisotopic (exact) mass is 282 g/mol. The summed E-state index contributed by atoms with van der Waals surface area (Å²) < 4.78 is 0. The molecule has 1 N–H and O–H groups in total. The lowest BCUT2D eigenvalue weighted by Gasteiger charge is -2.19. The van der Waals surface area contributed by atoms with Gasteiger partial charge in [0.2, 0.25) is 0 Å². The first-order valence-electron chi connectivity index (χ1n) is 7.82. The van der Waals surface area contributed by atoms with Crippen molar-refractivity contribution < 1.29 is 0 Å². The highest BCUT2D eigenvalue weighted by atomic mass is 14.9. The minimum absolute atomic E-state index is 0.283. The fourth-order valence-electron chi connectivity index (χ4n) is 2.78. The molecule has 0 amide bonds. The first-order valence-corrected chi connectivity index (χ1v) is 7.82. The van der Waals surface area contributed by atoms with E-state index in [-0.39, 0.29) is 6.04 Å². The molecule has 2 heteroatoms. The van der Waals surface area contributed by atoms with Crippen LogP contribution in [-0.4, -0.2) is 11.5 Å². The maximum absolute atomic E-state index is 4.70. The molecule has 0 saturated carbocycles. The van der Waals surface area contributed by atoms with Gasteiger partial charge in [-0.15, -0.1) is 0 Å². The minimum Gasteiger partial charge on any atom is -0.308 e. The Labute approximate surface area is 128 Å². The molecule has 0 bridgehead atoms. The van der Waals surface area contributed by atoms with Crippen LogP contribution < -0.4 is 5.32 Å². The van der Waals surface area contributed by atoms with Crippen molar-refractivity contribution in [2.75, 3.05) is 6.54 Å². The number of aromatic nitrogens is 1. The van der Waals surface area contributed by atoms with Crippen LogP contribution in [0, 0.1) is 20.8 Å². The molecule has 1 aromatic heterocycles. The van der Waals surface area contributed by atoms with Crippen molar-refractivity contribution >= 4 is 0 Å². The molecule has 1 unspecified atom stereocenters. The Kier molecular flexibility index (Phi) is 5.51. The number of rotatable bonds is 6. The second-order valence-corrected chi connectivity index (χ2v) is 5.91. The number of pyridine rings is 1. The average molecular weight is 282 g/mol. The SMILES string of the molecule is CCCNC(Cc1cc(C)cc(C)c1)c1cccc(C)n1. The Morgan fingerprint density at radius 3 is 2.38 bits per heavy atom. The van der Waals surface area contributed by atoms with Crippen molar-refractivity contribution in [3.63, 3.8) is 0 Å². The largest absolute Gasteiger partial charge is 0.308 e. The Bertz CT molecular complexity index is 570. The van der Waals surface area contributed by atoms with E-state index in [0.29, 0.717) is 0 Å². The lowest BCUT2D eigenvalue weighted by Crippen LogP contribution is -2.25. The van der Waals surface area contributed by atoms with Crippen LogP contribution in [-0.2, 0) is 6.42 Å². The third-order valence-corrected chi connectivity index (χ3v) is 3.63. The van der Waals surface area contributed by atoms with E-state index in [9.17, 15) is 0 Å². The second-order valence-electron chi connectivity index (χ2n) is 5.91. The average Bonchev–Trinajstić information content (AvgIpc) is 2.42. The van der Waals surface area contributed by atoms with Crippen molar-refractivity contribution in [3.8, 4) is 0 Å². The van der Waals surface area contributed by atoms with Crippen LogP contribution >= 0.6 is 0 Å².